The first kappa shape index (κ1) is 16.1. The van der Waals surface area contributed by atoms with Crippen molar-refractivity contribution in [3.63, 3.8) is 0 Å². The quantitative estimate of drug-likeness (QED) is 0.770. The van der Waals surface area contributed by atoms with Crippen molar-refractivity contribution in [2.75, 3.05) is 53.0 Å². The third-order valence-electron chi connectivity index (χ3n) is 3.82. The topological polar surface area (TPSA) is 24.9 Å². The van der Waals surface area contributed by atoms with Crippen molar-refractivity contribution >= 4 is 0 Å². The van der Waals surface area contributed by atoms with Crippen LogP contribution in [0.3, 0.4) is 0 Å². The molecule has 118 valence electrons. The van der Waals surface area contributed by atoms with Crippen LogP contribution in [0.5, 0.6) is 11.5 Å². The van der Waals surface area contributed by atoms with E-state index in [0.717, 1.165) is 37.1 Å². The van der Waals surface area contributed by atoms with Gasteiger partial charge < -0.3 is 14.4 Å². The number of piperazine rings is 1. The maximum absolute atomic E-state index is 5.84. The van der Waals surface area contributed by atoms with Crippen LogP contribution in [0.2, 0.25) is 0 Å². The average Bonchev–Trinajstić information content (AvgIpc) is 2.49. The highest BCUT2D eigenvalue weighted by Gasteiger charge is 2.17. The summed E-state index contributed by atoms with van der Waals surface area (Å²) >= 11 is 0. The van der Waals surface area contributed by atoms with E-state index in [-0.39, 0.29) is 0 Å². The fourth-order valence-electron chi connectivity index (χ4n) is 2.73. The maximum Gasteiger partial charge on any atom is 0.161 e. The van der Waals surface area contributed by atoms with Gasteiger partial charge in [-0.15, -0.1) is 0 Å². The van der Waals surface area contributed by atoms with Crippen LogP contribution in [0.1, 0.15) is 13.8 Å². The fourth-order valence-corrected chi connectivity index (χ4v) is 2.73. The molecule has 4 heteroatoms. The van der Waals surface area contributed by atoms with Crippen molar-refractivity contribution in [2.24, 2.45) is 5.92 Å². The summed E-state index contributed by atoms with van der Waals surface area (Å²) < 4.78 is 11.1. The summed E-state index contributed by atoms with van der Waals surface area (Å²) in [6.07, 6.45) is 0. The summed E-state index contributed by atoms with van der Waals surface area (Å²) in [5.41, 5.74) is 0. The number of benzene rings is 1. The number of ether oxygens (including phenoxy) is 2. The fraction of sp³-hybridized carbons (Fsp3) is 0.647. The van der Waals surface area contributed by atoms with E-state index in [4.69, 9.17) is 9.47 Å². The van der Waals surface area contributed by atoms with Gasteiger partial charge in [0.05, 0.1) is 7.11 Å². The molecule has 0 radical (unpaired) electrons. The Morgan fingerprint density at radius 1 is 1.00 bits per heavy atom. The zero-order valence-corrected chi connectivity index (χ0v) is 13.5. The molecule has 1 aromatic rings. The minimum absolute atomic E-state index is 0.713. The van der Waals surface area contributed by atoms with Gasteiger partial charge in [-0.1, -0.05) is 26.0 Å². The number of rotatable bonds is 7. The molecule has 0 bridgehead atoms. The first-order chi connectivity index (χ1) is 10.2. The predicted octanol–water partition coefficient (Wildman–Crippen LogP) is 2.35. The van der Waals surface area contributed by atoms with Crippen LogP contribution in [0.4, 0.5) is 0 Å². The summed E-state index contributed by atoms with van der Waals surface area (Å²) in [7, 11) is 1.68. The van der Waals surface area contributed by atoms with E-state index in [0.29, 0.717) is 6.61 Å². The Labute approximate surface area is 128 Å². The molecular formula is C17H28N2O2. The van der Waals surface area contributed by atoms with Gasteiger partial charge in [0.1, 0.15) is 6.61 Å². The zero-order valence-electron chi connectivity index (χ0n) is 13.5. The lowest BCUT2D eigenvalue weighted by Crippen LogP contribution is -2.48. The van der Waals surface area contributed by atoms with Gasteiger partial charge in [0.25, 0.3) is 0 Å². The molecule has 1 aliphatic rings. The number of hydrogen-bond acceptors (Lipinski definition) is 4. The lowest BCUT2D eigenvalue weighted by Gasteiger charge is -2.35. The highest BCUT2D eigenvalue weighted by atomic mass is 16.5. The summed E-state index contributed by atoms with van der Waals surface area (Å²) in [4.78, 5) is 5.04. The molecule has 0 aliphatic carbocycles. The molecule has 0 amide bonds. The number of methoxy groups -OCH3 is 1. The maximum atomic E-state index is 5.84. The van der Waals surface area contributed by atoms with E-state index in [9.17, 15) is 0 Å². The number of para-hydroxylation sites is 2. The largest absolute Gasteiger partial charge is 0.493 e. The first-order valence-electron chi connectivity index (χ1n) is 7.89. The molecule has 1 aliphatic heterocycles. The molecular weight excluding hydrogens is 264 g/mol. The van der Waals surface area contributed by atoms with E-state index in [1.54, 1.807) is 7.11 Å². The van der Waals surface area contributed by atoms with Gasteiger partial charge in [-0.3, -0.25) is 4.90 Å². The Balaban J connectivity index is 1.68. The van der Waals surface area contributed by atoms with Crippen LogP contribution < -0.4 is 9.47 Å². The molecule has 0 spiro atoms. The summed E-state index contributed by atoms with van der Waals surface area (Å²) in [6.45, 7) is 12.1. The van der Waals surface area contributed by atoms with Crippen molar-refractivity contribution in [3.8, 4) is 11.5 Å². The number of nitrogens with zero attached hydrogens (tertiary/aromatic N) is 2. The van der Waals surface area contributed by atoms with Gasteiger partial charge in [0.2, 0.25) is 0 Å². The third-order valence-corrected chi connectivity index (χ3v) is 3.82. The molecule has 21 heavy (non-hydrogen) atoms. The average molecular weight is 292 g/mol. The Morgan fingerprint density at radius 3 is 2.24 bits per heavy atom. The van der Waals surface area contributed by atoms with E-state index >= 15 is 0 Å². The molecule has 0 aromatic heterocycles. The van der Waals surface area contributed by atoms with Crippen LogP contribution in [0.25, 0.3) is 0 Å². The third kappa shape index (κ3) is 5.21. The Bertz CT molecular complexity index is 415. The van der Waals surface area contributed by atoms with E-state index in [1.165, 1.54) is 19.6 Å². The Hall–Kier alpha value is -1.26. The van der Waals surface area contributed by atoms with Gasteiger partial charge in [-0.25, -0.2) is 0 Å². The minimum atomic E-state index is 0.713. The van der Waals surface area contributed by atoms with E-state index in [2.05, 4.69) is 23.6 Å². The molecule has 0 saturated carbocycles. The first-order valence-corrected chi connectivity index (χ1v) is 7.89. The standard InChI is InChI=1S/C17H28N2O2/c1-15(2)14-19-10-8-18(9-11-19)12-13-21-17-7-5-4-6-16(17)20-3/h4-7,15H,8-14H2,1-3H3. The highest BCUT2D eigenvalue weighted by Crippen LogP contribution is 2.25. The van der Waals surface area contributed by atoms with Crippen LogP contribution in [-0.4, -0.2) is 62.8 Å². The van der Waals surface area contributed by atoms with Gasteiger partial charge in [-0.2, -0.15) is 0 Å². The van der Waals surface area contributed by atoms with E-state index in [1.807, 2.05) is 24.3 Å². The van der Waals surface area contributed by atoms with Crippen molar-refractivity contribution < 1.29 is 9.47 Å². The number of hydrogen-bond donors (Lipinski definition) is 0. The Morgan fingerprint density at radius 2 is 1.62 bits per heavy atom. The second kappa shape index (κ2) is 8.25. The van der Waals surface area contributed by atoms with Gasteiger partial charge in [-0.05, 0) is 18.1 Å². The monoisotopic (exact) mass is 292 g/mol. The van der Waals surface area contributed by atoms with Crippen LogP contribution in [-0.2, 0) is 0 Å². The molecule has 4 nitrogen and oxygen atoms in total. The predicted molar refractivity (Wildman–Crippen MR) is 86.2 cm³/mol. The molecule has 1 saturated heterocycles. The smallest absolute Gasteiger partial charge is 0.161 e. The summed E-state index contributed by atoms with van der Waals surface area (Å²) in [5, 5.41) is 0. The molecule has 2 rings (SSSR count). The highest BCUT2D eigenvalue weighted by molar-refractivity contribution is 5.39. The summed E-state index contributed by atoms with van der Waals surface area (Å²) in [5.74, 6) is 2.39. The van der Waals surface area contributed by atoms with Crippen molar-refractivity contribution in [3.05, 3.63) is 24.3 Å². The molecule has 1 aromatic carbocycles. The van der Waals surface area contributed by atoms with Gasteiger partial charge >= 0.3 is 0 Å². The molecule has 1 heterocycles. The van der Waals surface area contributed by atoms with Crippen LogP contribution >= 0.6 is 0 Å². The zero-order chi connectivity index (χ0) is 15.1. The second-order valence-corrected chi connectivity index (χ2v) is 6.04. The molecule has 1 fully saturated rings. The van der Waals surface area contributed by atoms with Crippen molar-refractivity contribution in [1.29, 1.82) is 0 Å². The van der Waals surface area contributed by atoms with Crippen molar-refractivity contribution in [1.82, 2.24) is 9.80 Å². The molecule has 0 atom stereocenters. The normalized spacial score (nSPS) is 17.1. The Kier molecular flexibility index (Phi) is 6.33. The van der Waals surface area contributed by atoms with Crippen LogP contribution in [0.15, 0.2) is 24.3 Å². The second-order valence-electron chi connectivity index (χ2n) is 6.04. The minimum Gasteiger partial charge on any atom is -0.493 e. The lowest BCUT2D eigenvalue weighted by molar-refractivity contribution is 0.108. The van der Waals surface area contributed by atoms with E-state index < -0.39 is 0 Å². The summed E-state index contributed by atoms with van der Waals surface area (Å²) in [6, 6.07) is 7.82. The molecule has 0 unspecified atom stereocenters. The lowest BCUT2D eigenvalue weighted by atomic mass is 10.2. The SMILES string of the molecule is COc1ccccc1OCCN1CCN(CC(C)C)CC1. The van der Waals surface area contributed by atoms with Crippen molar-refractivity contribution in [2.45, 2.75) is 13.8 Å². The van der Waals surface area contributed by atoms with Gasteiger partial charge in [0, 0.05) is 39.3 Å². The van der Waals surface area contributed by atoms with Gasteiger partial charge in [0.15, 0.2) is 11.5 Å². The van der Waals surface area contributed by atoms with Crippen LogP contribution in [0, 0.1) is 5.92 Å². The molecule has 0 N–H and O–H groups in total.